The van der Waals surface area contributed by atoms with Gasteiger partial charge in [0.1, 0.15) is 5.52 Å². The third-order valence-corrected chi connectivity index (χ3v) is 6.73. The molecule has 7 rings (SSSR count). The van der Waals surface area contributed by atoms with Crippen molar-refractivity contribution >= 4 is 11.1 Å². The molecule has 0 saturated heterocycles. The molecule has 0 bridgehead atoms. The molecule has 2 heterocycles. The summed E-state index contributed by atoms with van der Waals surface area (Å²) in [6.45, 7) is 0. The molecule has 4 heteroatoms. The molecule has 184 valence electrons. The number of hydrogen-bond acceptors (Lipinski definition) is 4. The van der Waals surface area contributed by atoms with Crippen LogP contribution in [-0.2, 0) is 0 Å². The first-order chi connectivity index (χ1) is 19.3. The number of benzene rings is 5. The Morgan fingerprint density at radius 1 is 0.410 bits per heavy atom. The van der Waals surface area contributed by atoms with Crippen LogP contribution >= 0.6 is 0 Å². The Bertz CT molecular complexity index is 1840. The van der Waals surface area contributed by atoms with Gasteiger partial charge >= 0.3 is 0 Å². The predicted molar refractivity (Wildman–Crippen MR) is 157 cm³/mol. The first-order valence-electron chi connectivity index (χ1n) is 12.9. The average molecular weight is 502 g/mol. The van der Waals surface area contributed by atoms with Crippen molar-refractivity contribution in [3.05, 3.63) is 140 Å². The van der Waals surface area contributed by atoms with E-state index in [0.717, 1.165) is 55.9 Å². The molecule has 5 aromatic carbocycles. The van der Waals surface area contributed by atoms with E-state index in [1.54, 1.807) is 0 Å². The van der Waals surface area contributed by atoms with Crippen molar-refractivity contribution in [3.63, 3.8) is 0 Å². The highest BCUT2D eigenvalue weighted by atomic mass is 16.3. The zero-order valence-electron chi connectivity index (χ0n) is 21.0. The minimum absolute atomic E-state index is 0.612. The zero-order valence-corrected chi connectivity index (χ0v) is 21.0. The van der Waals surface area contributed by atoms with Crippen LogP contribution < -0.4 is 0 Å². The molecule has 0 atom stereocenters. The number of para-hydroxylation sites is 1. The zero-order chi connectivity index (χ0) is 26.0. The fraction of sp³-hybridized carbons (Fsp3) is 0. The maximum Gasteiger partial charge on any atom is 0.227 e. The number of aromatic nitrogens is 3. The normalized spacial score (nSPS) is 11.1. The Kier molecular flexibility index (Phi) is 5.76. The summed E-state index contributed by atoms with van der Waals surface area (Å²) in [5.41, 5.74) is 9.33. The van der Waals surface area contributed by atoms with Gasteiger partial charge in [0.25, 0.3) is 0 Å². The van der Waals surface area contributed by atoms with Gasteiger partial charge in [0.15, 0.2) is 11.4 Å². The van der Waals surface area contributed by atoms with Crippen LogP contribution in [0.2, 0.25) is 0 Å². The van der Waals surface area contributed by atoms with Crippen LogP contribution in [0.4, 0.5) is 0 Å². The molecule has 0 aliphatic rings. The largest absolute Gasteiger partial charge is 0.435 e. The first kappa shape index (κ1) is 22.8. The molecule has 0 radical (unpaired) electrons. The van der Waals surface area contributed by atoms with Crippen molar-refractivity contribution < 1.29 is 4.42 Å². The molecule has 4 nitrogen and oxygen atoms in total. The Labute approximate surface area is 226 Å². The van der Waals surface area contributed by atoms with Crippen LogP contribution in [0.3, 0.4) is 0 Å². The minimum atomic E-state index is 0.612. The lowest BCUT2D eigenvalue weighted by Gasteiger charge is -2.10. The van der Waals surface area contributed by atoms with E-state index in [-0.39, 0.29) is 0 Å². The van der Waals surface area contributed by atoms with Gasteiger partial charge in [-0.3, -0.25) is 0 Å². The molecule has 0 spiro atoms. The summed E-state index contributed by atoms with van der Waals surface area (Å²) in [5, 5.41) is 0. The third kappa shape index (κ3) is 4.49. The molecule has 39 heavy (non-hydrogen) atoms. The van der Waals surface area contributed by atoms with Gasteiger partial charge in [-0.2, -0.15) is 0 Å². The predicted octanol–water partition coefficient (Wildman–Crippen LogP) is 8.95. The summed E-state index contributed by atoms with van der Waals surface area (Å²) in [5.74, 6) is 1.28. The number of oxazole rings is 1. The maximum atomic E-state index is 6.30. The SMILES string of the molecule is c1ccc(-c2cc(-c3ccccc3)nc(-c3cccc(-c4cccc5nc(-c6ccccc6)oc45)c3)n2)cc1. The molecule has 0 amide bonds. The molecular formula is C35H23N3O. The van der Waals surface area contributed by atoms with Crippen molar-refractivity contribution in [1.29, 1.82) is 0 Å². The van der Waals surface area contributed by atoms with E-state index >= 15 is 0 Å². The van der Waals surface area contributed by atoms with Crippen LogP contribution in [0, 0.1) is 0 Å². The average Bonchev–Trinajstić information content (AvgIpc) is 3.47. The Morgan fingerprint density at radius 2 is 0.949 bits per heavy atom. The van der Waals surface area contributed by atoms with Crippen molar-refractivity contribution in [3.8, 4) is 56.5 Å². The van der Waals surface area contributed by atoms with Crippen molar-refractivity contribution in [2.75, 3.05) is 0 Å². The van der Waals surface area contributed by atoms with Gasteiger partial charge in [-0.25, -0.2) is 15.0 Å². The number of nitrogens with zero attached hydrogens (tertiary/aromatic N) is 3. The Morgan fingerprint density at radius 3 is 1.59 bits per heavy atom. The summed E-state index contributed by atoms with van der Waals surface area (Å²) in [4.78, 5) is 14.7. The smallest absolute Gasteiger partial charge is 0.227 e. The monoisotopic (exact) mass is 501 g/mol. The van der Waals surface area contributed by atoms with Gasteiger partial charge in [-0.1, -0.05) is 109 Å². The fourth-order valence-corrected chi connectivity index (χ4v) is 4.80. The van der Waals surface area contributed by atoms with Crippen molar-refractivity contribution in [2.45, 2.75) is 0 Å². The van der Waals surface area contributed by atoms with E-state index in [1.807, 2.05) is 84.9 Å². The highest BCUT2D eigenvalue weighted by Crippen LogP contribution is 2.34. The lowest BCUT2D eigenvalue weighted by atomic mass is 10.0. The quantitative estimate of drug-likeness (QED) is 0.236. The van der Waals surface area contributed by atoms with Gasteiger partial charge in [0, 0.05) is 27.8 Å². The Balaban J connectivity index is 1.36. The Hall–Kier alpha value is -5.35. The summed E-state index contributed by atoms with van der Waals surface area (Å²) < 4.78 is 6.30. The van der Waals surface area contributed by atoms with E-state index < -0.39 is 0 Å². The molecule has 0 fully saturated rings. The topological polar surface area (TPSA) is 51.8 Å². The highest BCUT2D eigenvalue weighted by Gasteiger charge is 2.15. The fourth-order valence-electron chi connectivity index (χ4n) is 4.80. The van der Waals surface area contributed by atoms with Gasteiger partial charge in [0.05, 0.1) is 11.4 Å². The molecular weight excluding hydrogens is 478 g/mol. The second kappa shape index (κ2) is 9.84. The van der Waals surface area contributed by atoms with Crippen LogP contribution in [0.25, 0.3) is 67.6 Å². The van der Waals surface area contributed by atoms with Gasteiger partial charge < -0.3 is 4.42 Å². The van der Waals surface area contributed by atoms with E-state index in [9.17, 15) is 0 Å². The van der Waals surface area contributed by atoms with Gasteiger partial charge in [-0.15, -0.1) is 0 Å². The second-order valence-corrected chi connectivity index (χ2v) is 9.31. The number of hydrogen-bond donors (Lipinski definition) is 0. The van der Waals surface area contributed by atoms with E-state index in [4.69, 9.17) is 19.4 Å². The van der Waals surface area contributed by atoms with E-state index in [1.165, 1.54) is 0 Å². The van der Waals surface area contributed by atoms with Gasteiger partial charge in [0.2, 0.25) is 5.89 Å². The summed E-state index contributed by atoms with van der Waals surface area (Å²) >= 11 is 0. The lowest BCUT2D eigenvalue weighted by molar-refractivity contribution is 0.621. The molecule has 0 aliphatic heterocycles. The standard InChI is InChI=1S/C35H23N3O/c1-4-12-24(13-5-1)31-23-32(25-14-6-2-7-15-25)37-34(36-31)28-19-10-18-27(22-28)29-20-11-21-30-33(29)39-35(38-30)26-16-8-3-9-17-26/h1-23H. The van der Waals surface area contributed by atoms with Crippen molar-refractivity contribution in [1.82, 2.24) is 15.0 Å². The summed E-state index contributed by atoms with van der Waals surface area (Å²) in [6, 6.07) is 46.8. The molecule has 7 aromatic rings. The number of fused-ring (bicyclic) bond motifs is 1. The number of rotatable bonds is 5. The molecule has 0 aliphatic carbocycles. The molecule has 0 saturated carbocycles. The van der Waals surface area contributed by atoms with Crippen LogP contribution in [-0.4, -0.2) is 15.0 Å². The van der Waals surface area contributed by atoms with E-state index in [0.29, 0.717) is 11.7 Å². The molecule has 2 aromatic heterocycles. The molecule has 0 N–H and O–H groups in total. The first-order valence-corrected chi connectivity index (χ1v) is 12.9. The van der Waals surface area contributed by atoms with Crippen LogP contribution in [0.1, 0.15) is 0 Å². The van der Waals surface area contributed by atoms with E-state index in [2.05, 4.69) is 54.6 Å². The van der Waals surface area contributed by atoms with Crippen LogP contribution in [0.5, 0.6) is 0 Å². The third-order valence-electron chi connectivity index (χ3n) is 6.73. The van der Waals surface area contributed by atoms with Crippen molar-refractivity contribution in [2.24, 2.45) is 0 Å². The lowest BCUT2D eigenvalue weighted by Crippen LogP contribution is -1.96. The highest BCUT2D eigenvalue weighted by molar-refractivity contribution is 5.92. The summed E-state index contributed by atoms with van der Waals surface area (Å²) in [7, 11) is 0. The molecule has 0 unspecified atom stereocenters. The maximum absolute atomic E-state index is 6.30. The minimum Gasteiger partial charge on any atom is -0.435 e. The second-order valence-electron chi connectivity index (χ2n) is 9.31. The summed E-state index contributed by atoms with van der Waals surface area (Å²) in [6.07, 6.45) is 0. The van der Waals surface area contributed by atoms with Crippen LogP contribution in [0.15, 0.2) is 144 Å². The van der Waals surface area contributed by atoms with Gasteiger partial charge in [-0.05, 0) is 35.9 Å².